The predicted octanol–water partition coefficient (Wildman–Crippen LogP) is 0.802. The van der Waals surface area contributed by atoms with Gasteiger partial charge in [0.15, 0.2) is 0 Å². The summed E-state index contributed by atoms with van der Waals surface area (Å²) in [6.07, 6.45) is 7.76. The molecule has 2 heterocycles. The fraction of sp³-hybridized carbons (Fsp3) is 0.333. The Hall–Kier alpha value is -0.720. The van der Waals surface area contributed by atoms with E-state index in [1.54, 1.807) is 0 Å². The standard InChI is InChI=1S/C6H7N/c1-2-6-4-3-5(1)7-6/h1-3,6-7H,4H2. The fourth-order valence-electron chi connectivity index (χ4n) is 1.05. The van der Waals surface area contributed by atoms with E-state index in [-0.39, 0.29) is 0 Å². The topological polar surface area (TPSA) is 12.0 Å². The molecule has 2 rings (SSSR count). The Kier molecular flexibility index (Phi) is 0.432. The Bertz CT molecular complexity index is 144. The molecule has 0 aliphatic carbocycles. The first-order chi connectivity index (χ1) is 3.45. The third-order valence-electron chi connectivity index (χ3n) is 1.45. The summed E-state index contributed by atoms with van der Waals surface area (Å²) >= 11 is 0. The van der Waals surface area contributed by atoms with Crippen molar-refractivity contribution in [3.8, 4) is 0 Å². The van der Waals surface area contributed by atoms with Crippen molar-refractivity contribution in [3.63, 3.8) is 0 Å². The van der Waals surface area contributed by atoms with Gasteiger partial charge < -0.3 is 5.32 Å². The smallest absolute Gasteiger partial charge is 0.0483 e. The summed E-state index contributed by atoms with van der Waals surface area (Å²) in [4.78, 5) is 0. The highest BCUT2D eigenvalue weighted by atomic mass is 15.0. The van der Waals surface area contributed by atoms with Crippen LogP contribution in [0, 0.1) is 0 Å². The van der Waals surface area contributed by atoms with Crippen molar-refractivity contribution in [1.82, 2.24) is 5.32 Å². The van der Waals surface area contributed by atoms with Crippen molar-refractivity contribution < 1.29 is 0 Å². The zero-order valence-corrected chi connectivity index (χ0v) is 4.02. The van der Waals surface area contributed by atoms with Gasteiger partial charge in [-0.1, -0.05) is 12.2 Å². The molecule has 0 aromatic heterocycles. The molecular formula is C6H7N. The summed E-state index contributed by atoms with van der Waals surface area (Å²) < 4.78 is 0. The summed E-state index contributed by atoms with van der Waals surface area (Å²) in [7, 11) is 0. The molecule has 0 amide bonds. The van der Waals surface area contributed by atoms with E-state index in [1.807, 2.05) is 0 Å². The maximum atomic E-state index is 3.28. The largest absolute Gasteiger partial charge is 0.379 e. The zero-order chi connectivity index (χ0) is 4.69. The molecule has 2 aliphatic heterocycles. The molecule has 0 fully saturated rings. The second-order valence-electron chi connectivity index (χ2n) is 2.01. The van der Waals surface area contributed by atoms with Gasteiger partial charge in [0.1, 0.15) is 0 Å². The van der Waals surface area contributed by atoms with Crippen molar-refractivity contribution in [2.24, 2.45) is 0 Å². The number of nitrogens with one attached hydrogen (secondary N) is 1. The molecule has 0 spiro atoms. The Balaban J connectivity index is 2.45. The molecule has 36 valence electrons. The monoisotopic (exact) mass is 93.1 g/mol. The van der Waals surface area contributed by atoms with Crippen LogP contribution < -0.4 is 5.32 Å². The van der Waals surface area contributed by atoms with Gasteiger partial charge in [-0.15, -0.1) is 0 Å². The molecule has 1 heteroatoms. The maximum absolute atomic E-state index is 3.28. The Morgan fingerprint density at radius 2 is 2.71 bits per heavy atom. The normalized spacial score (nSPS) is 33.1. The second-order valence-corrected chi connectivity index (χ2v) is 2.01. The molecule has 0 aromatic carbocycles. The van der Waals surface area contributed by atoms with Crippen molar-refractivity contribution in [3.05, 3.63) is 23.9 Å². The van der Waals surface area contributed by atoms with Crippen LogP contribution >= 0.6 is 0 Å². The van der Waals surface area contributed by atoms with Crippen LogP contribution in [0.1, 0.15) is 6.42 Å². The molecule has 1 nitrogen and oxygen atoms in total. The molecule has 0 saturated heterocycles. The number of hydrogen-bond donors (Lipinski definition) is 1. The minimum absolute atomic E-state index is 0.648. The Morgan fingerprint density at radius 1 is 1.71 bits per heavy atom. The summed E-state index contributed by atoms with van der Waals surface area (Å²) in [5.41, 5.74) is 1.31. The van der Waals surface area contributed by atoms with Gasteiger partial charge in [0.25, 0.3) is 0 Å². The van der Waals surface area contributed by atoms with Crippen molar-refractivity contribution in [2.45, 2.75) is 12.5 Å². The van der Waals surface area contributed by atoms with Crippen LogP contribution in [-0.4, -0.2) is 6.04 Å². The number of fused-ring (bicyclic) bond motifs is 2. The van der Waals surface area contributed by atoms with Gasteiger partial charge in [0.2, 0.25) is 0 Å². The summed E-state index contributed by atoms with van der Waals surface area (Å²) in [6, 6.07) is 0.648. The lowest BCUT2D eigenvalue weighted by Crippen LogP contribution is -2.12. The molecule has 1 unspecified atom stereocenters. The molecule has 1 atom stereocenters. The van der Waals surface area contributed by atoms with Gasteiger partial charge >= 0.3 is 0 Å². The summed E-state index contributed by atoms with van der Waals surface area (Å²) in [6.45, 7) is 0. The Morgan fingerprint density at radius 3 is 2.86 bits per heavy atom. The van der Waals surface area contributed by atoms with Crippen LogP contribution in [0.2, 0.25) is 0 Å². The van der Waals surface area contributed by atoms with Crippen LogP contribution in [0.25, 0.3) is 0 Å². The van der Waals surface area contributed by atoms with E-state index < -0.39 is 0 Å². The lowest BCUT2D eigenvalue weighted by Gasteiger charge is -1.96. The van der Waals surface area contributed by atoms with E-state index in [0.717, 1.165) is 0 Å². The minimum atomic E-state index is 0.648. The van der Waals surface area contributed by atoms with Crippen LogP contribution in [0.15, 0.2) is 23.9 Å². The van der Waals surface area contributed by atoms with E-state index in [9.17, 15) is 0 Å². The van der Waals surface area contributed by atoms with E-state index >= 15 is 0 Å². The second kappa shape index (κ2) is 0.915. The third kappa shape index (κ3) is 0.322. The molecule has 1 N–H and O–H groups in total. The summed E-state index contributed by atoms with van der Waals surface area (Å²) in [5.74, 6) is 0. The highest BCUT2D eigenvalue weighted by Gasteiger charge is 2.15. The zero-order valence-electron chi connectivity index (χ0n) is 4.02. The van der Waals surface area contributed by atoms with Crippen LogP contribution in [0.5, 0.6) is 0 Å². The highest BCUT2D eigenvalue weighted by Crippen LogP contribution is 2.17. The van der Waals surface area contributed by atoms with Crippen molar-refractivity contribution in [2.75, 3.05) is 0 Å². The maximum Gasteiger partial charge on any atom is 0.0483 e. The van der Waals surface area contributed by atoms with Crippen LogP contribution in [0.4, 0.5) is 0 Å². The molecule has 2 bridgehead atoms. The number of hydrogen-bond acceptors (Lipinski definition) is 1. The van der Waals surface area contributed by atoms with E-state index in [0.29, 0.717) is 6.04 Å². The first kappa shape index (κ1) is 3.30. The molecule has 0 saturated carbocycles. The SMILES string of the molecule is C1=CC2CC=C1N2. The van der Waals surface area contributed by atoms with Crippen molar-refractivity contribution in [1.29, 1.82) is 0 Å². The lowest BCUT2D eigenvalue weighted by atomic mass is 10.2. The quantitative estimate of drug-likeness (QED) is 0.467. The lowest BCUT2D eigenvalue weighted by molar-refractivity contribution is 0.771. The molecule has 0 radical (unpaired) electrons. The number of allylic oxidation sites excluding steroid dienone is 1. The van der Waals surface area contributed by atoms with E-state index in [1.165, 1.54) is 12.1 Å². The average Bonchev–Trinajstić information content (AvgIpc) is 2.22. The molecular weight excluding hydrogens is 86.1 g/mol. The Labute approximate surface area is 42.7 Å². The average molecular weight is 93.1 g/mol. The van der Waals surface area contributed by atoms with Gasteiger partial charge in [-0.2, -0.15) is 0 Å². The molecule has 7 heavy (non-hydrogen) atoms. The van der Waals surface area contributed by atoms with Crippen LogP contribution in [-0.2, 0) is 0 Å². The predicted molar refractivity (Wildman–Crippen MR) is 28.8 cm³/mol. The van der Waals surface area contributed by atoms with Gasteiger partial charge in [0, 0.05) is 11.7 Å². The summed E-state index contributed by atoms with van der Waals surface area (Å²) in [5, 5.41) is 3.28. The van der Waals surface area contributed by atoms with Gasteiger partial charge in [0.05, 0.1) is 0 Å². The minimum Gasteiger partial charge on any atom is -0.379 e. The molecule has 2 aliphatic rings. The fourth-order valence-corrected chi connectivity index (χ4v) is 1.05. The van der Waals surface area contributed by atoms with E-state index in [2.05, 4.69) is 23.5 Å². The number of rotatable bonds is 0. The van der Waals surface area contributed by atoms with Gasteiger partial charge in [-0.05, 0) is 12.5 Å². The van der Waals surface area contributed by atoms with Crippen molar-refractivity contribution >= 4 is 0 Å². The molecule has 0 aromatic rings. The van der Waals surface area contributed by atoms with E-state index in [4.69, 9.17) is 0 Å². The highest BCUT2D eigenvalue weighted by molar-refractivity contribution is 5.32. The van der Waals surface area contributed by atoms with Gasteiger partial charge in [-0.3, -0.25) is 0 Å². The first-order valence-electron chi connectivity index (χ1n) is 2.60. The third-order valence-corrected chi connectivity index (χ3v) is 1.45. The van der Waals surface area contributed by atoms with Crippen LogP contribution in [0.3, 0.4) is 0 Å². The van der Waals surface area contributed by atoms with Gasteiger partial charge in [-0.25, -0.2) is 0 Å². The first-order valence-corrected chi connectivity index (χ1v) is 2.60.